The van der Waals surface area contributed by atoms with E-state index < -0.39 is 0 Å². The van der Waals surface area contributed by atoms with E-state index in [0.29, 0.717) is 19.4 Å². The Morgan fingerprint density at radius 2 is 1.78 bits per heavy atom. The zero-order valence-corrected chi connectivity index (χ0v) is 20.4. The lowest BCUT2D eigenvalue weighted by Gasteiger charge is -2.22. The lowest BCUT2D eigenvalue weighted by atomic mass is 10.1. The Hall–Kier alpha value is -2.93. The minimum absolute atomic E-state index is 0.0687. The van der Waals surface area contributed by atoms with E-state index in [1.54, 1.807) is 6.07 Å². The van der Waals surface area contributed by atoms with Crippen molar-refractivity contribution < 1.29 is 4.79 Å². The number of anilines is 2. The van der Waals surface area contributed by atoms with Crippen molar-refractivity contribution in [2.45, 2.75) is 40.2 Å². The van der Waals surface area contributed by atoms with Crippen LogP contribution in [0.5, 0.6) is 0 Å². The maximum Gasteiger partial charge on any atom is 0.266 e. The molecule has 0 saturated heterocycles. The molecule has 1 aromatic heterocycles. The number of rotatable bonds is 9. The second kappa shape index (κ2) is 11.1. The summed E-state index contributed by atoms with van der Waals surface area (Å²) >= 11 is 3.42. The van der Waals surface area contributed by atoms with Gasteiger partial charge in [-0.25, -0.2) is 4.68 Å². The minimum Gasteiger partial charge on any atom is -0.372 e. The number of benzene rings is 2. The molecule has 0 spiro atoms. The molecule has 1 amide bonds. The molecule has 0 aliphatic heterocycles. The highest BCUT2D eigenvalue weighted by Gasteiger charge is 2.09. The summed E-state index contributed by atoms with van der Waals surface area (Å²) in [4.78, 5) is 26.9. The summed E-state index contributed by atoms with van der Waals surface area (Å²) in [5, 5.41) is 7.45. The van der Waals surface area contributed by atoms with Crippen LogP contribution in [-0.4, -0.2) is 28.8 Å². The highest BCUT2D eigenvalue weighted by Crippen LogP contribution is 2.23. The number of hydrogen-bond acceptors (Lipinski definition) is 4. The maximum absolute atomic E-state index is 12.5. The van der Waals surface area contributed by atoms with E-state index in [4.69, 9.17) is 0 Å². The molecule has 0 aliphatic rings. The van der Waals surface area contributed by atoms with Crippen LogP contribution < -0.4 is 15.8 Å². The first kappa shape index (κ1) is 23.7. The van der Waals surface area contributed by atoms with Gasteiger partial charge < -0.3 is 10.2 Å². The molecule has 0 atom stereocenters. The van der Waals surface area contributed by atoms with Crippen LogP contribution in [0, 0.1) is 6.92 Å². The molecule has 1 N–H and O–H groups in total. The number of nitrogens with zero attached hydrogens (tertiary/aromatic N) is 3. The molecule has 0 unspecified atom stereocenters. The van der Waals surface area contributed by atoms with Gasteiger partial charge in [0.15, 0.2) is 0 Å². The third kappa shape index (κ3) is 6.07. The van der Waals surface area contributed by atoms with E-state index in [0.717, 1.165) is 45.8 Å². The van der Waals surface area contributed by atoms with E-state index in [-0.39, 0.29) is 11.5 Å². The first-order chi connectivity index (χ1) is 15.4. The third-order valence-corrected chi connectivity index (χ3v) is 5.92. The van der Waals surface area contributed by atoms with Crippen LogP contribution in [0.1, 0.15) is 32.3 Å². The molecule has 3 rings (SSSR count). The largest absolute Gasteiger partial charge is 0.372 e. The van der Waals surface area contributed by atoms with Gasteiger partial charge >= 0.3 is 0 Å². The highest BCUT2D eigenvalue weighted by molar-refractivity contribution is 9.10. The van der Waals surface area contributed by atoms with E-state index in [1.807, 2.05) is 43.3 Å². The van der Waals surface area contributed by atoms with Gasteiger partial charge in [0.05, 0.1) is 5.69 Å². The van der Waals surface area contributed by atoms with Crippen molar-refractivity contribution in [2.24, 2.45) is 0 Å². The first-order valence-corrected chi connectivity index (χ1v) is 11.7. The fraction of sp³-hybridized carbons (Fsp3) is 0.320. The monoisotopic (exact) mass is 496 g/mol. The molecular weight excluding hydrogens is 468 g/mol. The summed E-state index contributed by atoms with van der Waals surface area (Å²) in [6.07, 6.45) is 0.840. The Bertz CT molecular complexity index is 1120. The molecule has 0 fully saturated rings. The standard InChI is InChI=1S/C25H29BrN4O2/c1-4-29(5-2)21-12-13-22(18(3)17-21)27-24(31)7-6-16-30-25(32)15-14-23(28-30)19-8-10-20(26)11-9-19/h8-15,17H,4-7,16H2,1-3H3,(H,27,31). The Morgan fingerprint density at radius 1 is 1.06 bits per heavy atom. The minimum atomic E-state index is -0.172. The Balaban J connectivity index is 1.59. The smallest absolute Gasteiger partial charge is 0.266 e. The average molecular weight is 497 g/mol. The Morgan fingerprint density at radius 3 is 2.44 bits per heavy atom. The first-order valence-electron chi connectivity index (χ1n) is 10.9. The molecular formula is C25H29BrN4O2. The molecule has 168 valence electrons. The third-order valence-electron chi connectivity index (χ3n) is 5.39. The molecule has 0 saturated carbocycles. The number of hydrogen-bond donors (Lipinski definition) is 1. The second-order valence-corrected chi connectivity index (χ2v) is 8.53. The van der Waals surface area contributed by atoms with Crippen molar-refractivity contribution >= 4 is 33.2 Å². The molecule has 6 nitrogen and oxygen atoms in total. The Labute approximate surface area is 197 Å². The van der Waals surface area contributed by atoms with Crippen molar-refractivity contribution in [1.29, 1.82) is 0 Å². The molecule has 32 heavy (non-hydrogen) atoms. The zero-order chi connectivity index (χ0) is 23.1. The van der Waals surface area contributed by atoms with Crippen LogP contribution in [0.3, 0.4) is 0 Å². The van der Waals surface area contributed by atoms with Crippen LogP contribution in [0.2, 0.25) is 0 Å². The van der Waals surface area contributed by atoms with Crippen molar-refractivity contribution in [1.82, 2.24) is 9.78 Å². The second-order valence-electron chi connectivity index (χ2n) is 7.61. The van der Waals surface area contributed by atoms with Crippen molar-refractivity contribution in [3.63, 3.8) is 0 Å². The van der Waals surface area contributed by atoms with Crippen molar-refractivity contribution in [3.05, 3.63) is 75.0 Å². The molecule has 0 aliphatic carbocycles. The molecule has 7 heteroatoms. The summed E-state index contributed by atoms with van der Waals surface area (Å²) in [5.41, 5.74) is 4.49. The Kier molecular flexibility index (Phi) is 8.22. The van der Waals surface area contributed by atoms with Gasteiger partial charge in [0.1, 0.15) is 0 Å². The number of carbonyl (C=O) groups is 1. The summed E-state index contributed by atoms with van der Waals surface area (Å²) in [6, 6.07) is 17.1. The number of halogens is 1. The number of carbonyl (C=O) groups excluding carboxylic acids is 1. The molecule has 2 aromatic carbocycles. The number of nitrogens with one attached hydrogen (secondary N) is 1. The zero-order valence-electron chi connectivity index (χ0n) is 18.8. The van der Waals surface area contributed by atoms with E-state index in [9.17, 15) is 9.59 Å². The summed E-state index contributed by atoms with van der Waals surface area (Å²) < 4.78 is 2.41. The van der Waals surface area contributed by atoms with Crippen LogP contribution in [0.25, 0.3) is 11.3 Å². The van der Waals surface area contributed by atoms with Gasteiger partial charge in [0.25, 0.3) is 5.56 Å². The van der Waals surface area contributed by atoms with Gasteiger partial charge in [0.2, 0.25) is 5.91 Å². The van der Waals surface area contributed by atoms with Gasteiger partial charge in [-0.3, -0.25) is 9.59 Å². The number of aryl methyl sites for hydroxylation is 2. The quantitative estimate of drug-likeness (QED) is 0.439. The predicted octanol–water partition coefficient (Wildman–Crippen LogP) is 5.25. The highest BCUT2D eigenvalue weighted by atomic mass is 79.9. The van der Waals surface area contributed by atoms with Gasteiger partial charge in [-0.2, -0.15) is 5.10 Å². The lowest BCUT2D eigenvalue weighted by Crippen LogP contribution is -2.23. The van der Waals surface area contributed by atoms with Crippen LogP contribution in [0.4, 0.5) is 11.4 Å². The SMILES string of the molecule is CCN(CC)c1ccc(NC(=O)CCCn2nc(-c3ccc(Br)cc3)ccc2=O)c(C)c1. The van der Waals surface area contributed by atoms with Crippen LogP contribution in [0.15, 0.2) is 63.9 Å². The fourth-order valence-corrected chi connectivity index (χ4v) is 3.82. The average Bonchev–Trinajstić information content (AvgIpc) is 2.78. The molecule has 3 aromatic rings. The van der Waals surface area contributed by atoms with E-state index in [2.05, 4.69) is 51.2 Å². The number of aromatic nitrogens is 2. The van der Waals surface area contributed by atoms with Gasteiger partial charge in [-0.1, -0.05) is 28.1 Å². The van der Waals surface area contributed by atoms with E-state index >= 15 is 0 Å². The predicted molar refractivity (Wildman–Crippen MR) is 134 cm³/mol. The molecule has 0 bridgehead atoms. The van der Waals surface area contributed by atoms with E-state index in [1.165, 1.54) is 10.7 Å². The molecule has 1 heterocycles. The normalized spacial score (nSPS) is 10.8. The summed E-state index contributed by atoms with van der Waals surface area (Å²) in [6.45, 7) is 8.53. The number of amides is 1. The van der Waals surface area contributed by atoms with Crippen LogP contribution >= 0.6 is 15.9 Å². The summed E-state index contributed by atoms with van der Waals surface area (Å²) in [7, 11) is 0. The van der Waals surface area contributed by atoms with Gasteiger partial charge in [0, 0.05) is 53.5 Å². The van der Waals surface area contributed by atoms with Crippen molar-refractivity contribution in [2.75, 3.05) is 23.3 Å². The topological polar surface area (TPSA) is 67.2 Å². The van der Waals surface area contributed by atoms with Gasteiger partial charge in [-0.05, 0) is 69.2 Å². The molecule has 0 radical (unpaired) electrons. The summed E-state index contributed by atoms with van der Waals surface area (Å²) in [5.74, 6) is -0.0687. The van der Waals surface area contributed by atoms with Crippen molar-refractivity contribution in [3.8, 4) is 11.3 Å². The fourth-order valence-electron chi connectivity index (χ4n) is 3.56. The van der Waals surface area contributed by atoms with Gasteiger partial charge in [-0.15, -0.1) is 0 Å². The van der Waals surface area contributed by atoms with Crippen LogP contribution in [-0.2, 0) is 11.3 Å². The maximum atomic E-state index is 12.5. The lowest BCUT2D eigenvalue weighted by molar-refractivity contribution is -0.116.